The molecule has 1 fully saturated rings. The number of nitrogens with zero attached hydrogens (tertiary/aromatic N) is 2. The van der Waals surface area contributed by atoms with Crippen molar-refractivity contribution in [3.63, 3.8) is 0 Å². The zero-order valence-electron chi connectivity index (χ0n) is 17.1. The van der Waals surface area contributed by atoms with Crippen molar-refractivity contribution >= 4 is 28.8 Å². The molecule has 2 heterocycles. The first-order chi connectivity index (χ1) is 14.0. The highest BCUT2D eigenvalue weighted by Crippen LogP contribution is 2.17. The molecule has 7 heteroatoms. The summed E-state index contributed by atoms with van der Waals surface area (Å²) in [4.78, 5) is 29.9. The van der Waals surface area contributed by atoms with Crippen LogP contribution in [0.1, 0.15) is 23.3 Å². The van der Waals surface area contributed by atoms with Crippen LogP contribution in [0.15, 0.2) is 41.8 Å². The number of rotatable bonds is 9. The van der Waals surface area contributed by atoms with Crippen LogP contribution in [0.5, 0.6) is 0 Å². The van der Waals surface area contributed by atoms with Crippen LogP contribution in [0, 0.1) is 6.92 Å². The van der Waals surface area contributed by atoms with Crippen molar-refractivity contribution in [2.24, 2.45) is 0 Å². The molecule has 1 aromatic carbocycles. The van der Waals surface area contributed by atoms with Crippen molar-refractivity contribution < 1.29 is 14.3 Å². The number of amides is 2. The largest absolute Gasteiger partial charge is 0.377 e. The van der Waals surface area contributed by atoms with E-state index in [1.165, 1.54) is 9.78 Å². The van der Waals surface area contributed by atoms with Gasteiger partial charge in [0.25, 0.3) is 0 Å². The summed E-state index contributed by atoms with van der Waals surface area (Å²) < 4.78 is 5.76. The molecule has 1 aromatic heterocycles. The van der Waals surface area contributed by atoms with Gasteiger partial charge in [0, 0.05) is 37.3 Å². The van der Waals surface area contributed by atoms with Gasteiger partial charge in [-0.05, 0) is 43.3 Å². The van der Waals surface area contributed by atoms with Crippen LogP contribution in [0.2, 0.25) is 0 Å². The molecule has 2 amide bonds. The molecule has 2 aromatic rings. The molecule has 1 aliphatic rings. The van der Waals surface area contributed by atoms with Gasteiger partial charge in [-0.15, -0.1) is 11.3 Å². The van der Waals surface area contributed by atoms with Crippen LogP contribution in [-0.2, 0) is 20.9 Å². The minimum Gasteiger partial charge on any atom is -0.377 e. The van der Waals surface area contributed by atoms with Crippen LogP contribution in [-0.4, -0.2) is 61.0 Å². The maximum absolute atomic E-state index is 12.8. The van der Waals surface area contributed by atoms with Gasteiger partial charge in [0.15, 0.2) is 0 Å². The number of nitrogens with one attached hydrogen (secondary N) is 1. The molecular formula is C22H29N3O3S. The molecule has 1 unspecified atom stereocenters. The number of thiophene rings is 1. The molecule has 1 N–H and O–H groups in total. The Morgan fingerprint density at radius 3 is 2.66 bits per heavy atom. The number of ether oxygens (including phenoxy) is 1. The first-order valence-corrected chi connectivity index (χ1v) is 10.8. The zero-order valence-corrected chi connectivity index (χ0v) is 17.9. The Labute approximate surface area is 176 Å². The van der Waals surface area contributed by atoms with E-state index in [1.54, 1.807) is 18.4 Å². The predicted molar refractivity (Wildman–Crippen MR) is 116 cm³/mol. The van der Waals surface area contributed by atoms with Gasteiger partial charge in [0.05, 0.1) is 19.2 Å². The Morgan fingerprint density at radius 2 is 2.00 bits per heavy atom. The minimum atomic E-state index is -0.200. The quantitative estimate of drug-likeness (QED) is 0.684. The molecule has 0 spiro atoms. The van der Waals surface area contributed by atoms with E-state index in [-0.39, 0.29) is 31.0 Å². The number of hydrogen-bond donors (Lipinski definition) is 1. The Morgan fingerprint density at radius 1 is 1.21 bits per heavy atom. The molecule has 156 valence electrons. The number of hydrogen-bond acceptors (Lipinski definition) is 5. The van der Waals surface area contributed by atoms with Crippen LogP contribution >= 0.6 is 11.3 Å². The molecule has 1 atom stereocenters. The Hall–Kier alpha value is -2.22. The van der Waals surface area contributed by atoms with Gasteiger partial charge < -0.3 is 15.0 Å². The van der Waals surface area contributed by atoms with E-state index in [4.69, 9.17) is 4.74 Å². The van der Waals surface area contributed by atoms with Crippen molar-refractivity contribution in [2.75, 3.05) is 38.6 Å². The van der Waals surface area contributed by atoms with Gasteiger partial charge in [0.2, 0.25) is 11.8 Å². The number of carbonyl (C=O) groups is 2. The highest BCUT2D eigenvalue weighted by molar-refractivity contribution is 7.09. The van der Waals surface area contributed by atoms with E-state index in [9.17, 15) is 9.59 Å². The monoisotopic (exact) mass is 415 g/mol. The molecule has 0 aliphatic carbocycles. The summed E-state index contributed by atoms with van der Waals surface area (Å²) in [6.07, 6.45) is 2.28. The second kappa shape index (κ2) is 10.5. The molecule has 0 bridgehead atoms. The predicted octanol–water partition coefficient (Wildman–Crippen LogP) is 3.13. The standard InChI is InChI=1S/C22H29N3O3S/c1-17-7-9-18(10-8-17)23-21(26)15-24(2)22(27)16-25(13-19-5-3-11-28-19)14-20-6-4-12-29-20/h4,6-10,12,19H,3,5,11,13-16H2,1-2H3,(H,23,26). The maximum atomic E-state index is 12.8. The summed E-state index contributed by atoms with van der Waals surface area (Å²) in [5.74, 6) is -0.271. The Balaban J connectivity index is 1.52. The number of aryl methyl sites for hydroxylation is 1. The first kappa shape index (κ1) is 21.5. The third-order valence-corrected chi connectivity index (χ3v) is 5.81. The fourth-order valence-electron chi connectivity index (χ4n) is 3.34. The van der Waals surface area contributed by atoms with Crippen molar-refractivity contribution in [3.05, 3.63) is 52.2 Å². The van der Waals surface area contributed by atoms with Crippen molar-refractivity contribution in [1.82, 2.24) is 9.80 Å². The van der Waals surface area contributed by atoms with E-state index in [0.29, 0.717) is 6.54 Å². The molecule has 1 saturated heterocycles. The second-order valence-electron chi connectivity index (χ2n) is 7.55. The fraction of sp³-hybridized carbons (Fsp3) is 0.455. The highest BCUT2D eigenvalue weighted by Gasteiger charge is 2.23. The number of anilines is 1. The first-order valence-electron chi connectivity index (χ1n) is 9.96. The molecule has 29 heavy (non-hydrogen) atoms. The molecule has 3 rings (SSSR count). The summed E-state index contributed by atoms with van der Waals surface area (Å²) in [5, 5.41) is 4.88. The number of benzene rings is 1. The molecule has 0 radical (unpaired) electrons. The summed E-state index contributed by atoms with van der Waals surface area (Å²) in [6, 6.07) is 11.7. The molecular weight excluding hydrogens is 386 g/mol. The average Bonchev–Trinajstić information content (AvgIpc) is 3.37. The van der Waals surface area contributed by atoms with Gasteiger partial charge >= 0.3 is 0 Å². The summed E-state index contributed by atoms with van der Waals surface area (Å²) in [5.41, 5.74) is 1.87. The number of likely N-dealkylation sites (N-methyl/N-ethyl adjacent to an activating group) is 1. The van der Waals surface area contributed by atoms with E-state index in [1.807, 2.05) is 42.6 Å². The van der Waals surface area contributed by atoms with Crippen LogP contribution < -0.4 is 5.32 Å². The fourth-order valence-corrected chi connectivity index (χ4v) is 4.08. The van der Waals surface area contributed by atoms with Crippen molar-refractivity contribution in [2.45, 2.75) is 32.4 Å². The van der Waals surface area contributed by atoms with Crippen molar-refractivity contribution in [1.29, 1.82) is 0 Å². The van der Waals surface area contributed by atoms with E-state index in [0.717, 1.165) is 37.2 Å². The minimum absolute atomic E-state index is 0.0273. The molecule has 1 aliphatic heterocycles. The third kappa shape index (κ3) is 6.96. The smallest absolute Gasteiger partial charge is 0.243 e. The highest BCUT2D eigenvalue weighted by atomic mass is 32.1. The van der Waals surface area contributed by atoms with Crippen LogP contribution in [0.4, 0.5) is 5.69 Å². The lowest BCUT2D eigenvalue weighted by molar-refractivity contribution is -0.134. The third-order valence-electron chi connectivity index (χ3n) is 4.95. The normalized spacial score (nSPS) is 16.2. The zero-order chi connectivity index (χ0) is 20.6. The van der Waals surface area contributed by atoms with Crippen LogP contribution in [0.25, 0.3) is 0 Å². The molecule has 0 saturated carbocycles. The second-order valence-corrected chi connectivity index (χ2v) is 8.58. The summed E-state index contributed by atoms with van der Waals surface area (Å²) >= 11 is 1.69. The van der Waals surface area contributed by atoms with Crippen LogP contribution in [0.3, 0.4) is 0 Å². The van der Waals surface area contributed by atoms with Gasteiger partial charge in [-0.25, -0.2) is 0 Å². The lowest BCUT2D eigenvalue weighted by atomic mass is 10.2. The van der Waals surface area contributed by atoms with Crippen molar-refractivity contribution in [3.8, 4) is 0 Å². The summed E-state index contributed by atoms with van der Waals surface area (Å²) in [7, 11) is 1.67. The van der Waals surface area contributed by atoms with E-state index >= 15 is 0 Å². The van der Waals surface area contributed by atoms with E-state index in [2.05, 4.69) is 16.3 Å². The lowest BCUT2D eigenvalue weighted by Gasteiger charge is -2.26. The number of carbonyl (C=O) groups excluding carboxylic acids is 2. The van der Waals surface area contributed by atoms with Gasteiger partial charge in [-0.1, -0.05) is 23.8 Å². The maximum Gasteiger partial charge on any atom is 0.243 e. The topological polar surface area (TPSA) is 61.9 Å². The van der Waals surface area contributed by atoms with Gasteiger partial charge in [-0.2, -0.15) is 0 Å². The van der Waals surface area contributed by atoms with E-state index < -0.39 is 0 Å². The SMILES string of the molecule is Cc1ccc(NC(=O)CN(C)C(=O)CN(Cc2cccs2)CC2CCCO2)cc1. The average molecular weight is 416 g/mol. The molecule has 6 nitrogen and oxygen atoms in total. The Bertz CT molecular complexity index is 786. The van der Waals surface area contributed by atoms with Gasteiger partial charge in [-0.3, -0.25) is 14.5 Å². The lowest BCUT2D eigenvalue weighted by Crippen LogP contribution is -2.43. The Kier molecular flexibility index (Phi) is 7.80. The summed E-state index contributed by atoms with van der Waals surface area (Å²) in [6.45, 7) is 4.53. The van der Waals surface area contributed by atoms with Gasteiger partial charge in [0.1, 0.15) is 0 Å².